The molecular formula is C22H25FN4O4. The van der Waals surface area contributed by atoms with Gasteiger partial charge in [0.1, 0.15) is 0 Å². The summed E-state index contributed by atoms with van der Waals surface area (Å²) in [5.74, 6) is -0.386. The van der Waals surface area contributed by atoms with E-state index in [1.807, 2.05) is 0 Å². The van der Waals surface area contributed by atoms with E-state index in [-0.39, 0.29) is 18.1 Å². The number of methoxy groups -OCH3 is 1. The molecule has 0 unspecified atom stereocenters. The first-order chi connectivity index (χ1) is 15.0. The number of carbonyl (C=O) groups excluding carboxylic acids is 2. The number of rotatable bonds is 10. The van der Waals surface area contributed by atoms with E-state index in [9.17, 15) is 14.0 Å². The Kier molecular flexibility index (Phi) is 7.55. The summed E-state index contributed by atoms with van der Waals surface area (Å²) in [4.78, 5) is 23.1. The number of nitrogens with zero attached hydrogens (tertiary/aromatic N) is 1. The van der Waals surface area contributed by atoms with E-state index in [0.29, 0.717) is 41.7 Å². The summed E-state index contributed by atoms with van der Waals surface area (Å²) in [6, 6.07) is 10.3. The molecule has 8 nitrogen and oxygen atoms in total. The van der Waals surface area contributed by atoms with Crippen molar-refractivity contribution in [2.75, 3.05) is 12.4 Å². The Morgan fingerprint density at radius 3 is 2.55 bits per heavy atom. The lowest BCUT2D eigenvalue weighted by Crippen LogP contribution is -2.17. The number of unbranched alkanes of at least 4 members (excludes halogenated alkanes) is 3. The summed E-state index contributed by atoms with van der Waals surface area (Å²) in [5.41, 5.74) is 3.36. The molecule has 0 spiro atoms. The van der Waals surface area contributed by atoms with Crippen LogP contribution in [0.3, 0.4) is 0 Å². The average Bonchev–Trinajstić information content (AvgIpc) is 3.17. The molecule has 0 saturated heterocycles. The lowest BCUT2D eigenvalue weighted by Gasteiger charge is -2.08. The molecule has 1 aromatic heterocycles. The van der Waals surface area contributed by atoms with Gasteiger partial charge in [-0.3, -0.25) is 19.9 Å². The van der Waals surface area contributed by atoms with Crippen molar-refractivity contribution in [2.45, 2.75) is 38.5 Å². The van der Waals surface area contributed by atoms with E-state index in [1.54, 1.807) is 41.9 Å². The molecule has 31 heavy (non-hydrogen) atoms. The molecule has 0 radical (unpaired) electrons. The summed E-state index contributed by atoms with van der Waals surface area (Å²) in [7, 11) is 1.42. The van der Waals surface area contributed by atoms with Crippen LogP contribution in [0.2, 0.25) is 0 Å². The van der Waals surface area contributed by atoms with Crippen LogP contribution in [0, 0.1) is 5.82 Å². The molecule has 3 rings (SSSR count). The first kappa shape index (κ1) is 22.2. The van der Waals surface area contributed by atoms with Crippen LogP contribution in [-0.2, 0) is 9.59 Å². The first-order valence-corrected chi connectivity index (χ1v) is 10.1. The second-order valence-electron chi connectivity index (χ2n) is 7.15. The van der Waals surface area contributed by atoms with Crippen LogP contribution in [0.5, 0.6) is 5.75 Å². The fraction of sp³-hybridized carbons (Fsp3) is 0.318. The molecule has 0 aliphatic rings. The third kappa shape index (κ3) is 5.58. The highest BCUT2D eigenvalue weighted by Gasteiger charge is 2.14. The number of ether oxygens (including phenoxy) is 1. The Balaban J connectivity index is 1.58. The highest BCUT2D eigenvalue weighted by molar-refractivity contribution is 6.00. The van der Waals surface area contributed by atoms with Crippen LogP contribution in [0.1, 0.15) is 38.5 Å². The van der Waals surface area contributed by atoms with Crippen LogP contribution in [0.15, 0.2) is 36.4 Å². The van der Waals surface area contributed by atoms with Crippen LogP contribution in [0.4, 0.5) is 10.2 Å². The zero-order chi connectivity index (χ0) is 22.2. The van der Waals surface area contributed by atoms with Crippen molar-refractivity contribution < 1.29 is 23.9 Å². The van der Waals surface area contributed by atoms with Crippen molar-refractivity contribution in [3.05, 3.63) is 42.2 Å². The molecule has 3 aromatic rings. The van der Waals surface area contributed by atoms with Crippen molar-refractivity contribution in [1.82, 2.24) is 15.7 Å². The number of hydroxylamine groups is 1. The van der Waals surface area contributed by atoms with Crippen molar-refractivity contribution in [1.29, 1.82) is 0 Å². The van der Waals surface area contributed by atoms with E-state index in [2.05, 4.69) is 15.5 Å². The number of H-pyrrole nitrogens is 1. The molecule has 9 heteroatoms. The molecule has 1 heterocycles. The number of aromatic nitrogens is 2. The minimum Gasteiger partial charge on any atom is -0.494 e. The Morgan fingerprint density at radius 1 is 1.10 bits per heavy atom. The fourth-order valence-electron chi connectivity index (χ4n) is 3.35. The van der Waals surface area contributed by atoms with Gasteiger partial charge in [-0.1, -0.05) is 31.0 Å². The molecule has 0 atom stereocenters. The Hall–Kier alpha value is -3.46. The smallest absolute Gasteiger partial charge is 0.243 e. The van der Waals surface area contributed by atoms with Crippen LogP contribution in [0.25, 0.3) is 22.0 Å². The molecule has 2 aromatic carbocycles. The third-order valence-corrected chi connectivity index (χ3v) is 5.00. The lowest BCUT2D eigenvalue weighted by atomic mass is 10.0. The number of hydrogen-bond donors (Lipinski definition) is 4. The molecular weight excluding hydrogens is 403 g/mol. The lowest BCUT2D eigenvalue weighted by molar-refractivity contribution is -0.129. The van der Waals surface area contributed by atoms with Gasteiger partial charge in [0, 0.05) is 23.8 Å². The van der Waals surface area contributed by atoms with E-state index in [1.165, 1.54) is 7.11 Å². The highest BCUT2D eigenvalue weighted by atomic mass is 19.1. The minimum absolute atomic E-state index is 0.149. The highest BCUT2D eigenvalue weighted by Crippen LogP contribution is 2.32. The predicted octanol–water partition coefficient (Wildman–Crippen LogP) is 4.16. The zero-order valence-corrected chi connectivity index (χ0v) is 17.2. The summed E-state index contributed by atoms with van der Waals surface area (Å²) in [6.07, 6.45) is 3.57. The van der Waals surface area contributed by atoms with E-state index < -0.39 is 11.7 Å². The number of halogens is 1. The van der Waals surface area contributed by atoms with Gasteiger partial charge >= 0.3 is 0 Å². The van der Waals surface area contributed by atoms with Gasteiger partial charge < -0.3 is 10.1 Å². The Morgan fingerprint density at radius 2 is 1.84 bits per heavy atom. The number of aromatic amines is 1. The van der Waals surface area contributed by atoms with Crippen LogP contribution >= 0.6 is 0 Å². The standard InChI is InChI=1S/C22H25FN4O4/c1-31-18-8-6-7-15(21(18)23)14-11-12-16-17(13-14)25-26-22(16)24-19(28)9-4-2-3-5-10-20(29)27-30/h6-8,11-13,30H,2-5,9-10H2,1H3,(H,27,29)(H2,24,25,26,28). The predicted molar refractivity (Wildman–Crippen MR) is 114 cm³/mol. The van der Waals surface area contributed by atoms with Gasteiger partial charge in [-0.25, -0.2) is 9.87 Å². The van der Waals surface area contributed by atoms with E-state index in [0.717, 1.165) is 18.2 Å². The van der Waals surface area contributed by atoms with Gasteiger partial charge in [-0.05, 0) is 36.6 Å². The summed E-state index contributed by atoms with van der Waals surface area (Å²) < 4.78 is 19.6. The number of carbonyl (C=O) groups is 2. The third-order valence-electron chi connectivity index (χ3n) is 5.00. The molecule has 0 bridgehead atoms. The molecule has 0 aliphatic heterocycles. The van der Waals surface area contributed by atoms with E-state index in [4.69, 9.17) is 9.94 Å². The topological polar surface area (TPSA) is 116 Å². The molecule has 2 amide bonds. The Bertz CT molecular complexity index is 1070. The van der Waals surface area contributed by atoms with Gasteiger partial charge in [0.05, 0.1) is 12.6 Å². The largest absolute Gasteiger partial charge is 0.494 e. The number of anilines is 1. The SMILES string of the molecule is COc1cccc(-c2ccc3c(NC(=O)CCCCCCC(=O)NO)n[nH]c3c2)c1F. The van der Waals surface area contributed by atoms with E-state index >= 15 is 0 Å². The van der Waals surface area contributed by atoms with Crippen molar-refractivity contribution in [3.8, 4) is 16.9 Å². The normalized spacial score (nSPS) is 10.8. The quantitative estimate of drug-likeness (QED) is 0.220. The molecule has 0 saturated carbocycles. The number of hydrogen-bond acceptors (Lipinski definition) is 5. The monoisotopic (exact) mass is 428 g/mol. The van der Waals surface area contributed by atoms with Crippen LogP contribution in [-0.4, -0.2) is 34.3 Å². The van der Waals surface area contributed by atoms with Crippen molar-refractivity contribution in [2.24, 2.45) is 0 Å². The zero-order valence-electron chi connectivity index (χ0n) is 17.2. The Labute approximate surface area is 178 Å². The van der Waals surface area contributed by atoms with Crippen molar-refractivity contribution >= 4 is 28.5 Å². The van der Waals surface area contributed by atoms with Gasteiger partial charge in [0.2, 0.25) is 11.8 Å². The summed E-state index contributed by atoms with van der Waals surface area (Å²) in [5, 5.41) is 19.0. The number of nitrogens with one attached hydrogen (secondary N) is 3. The second-order valence-corrected chi connectivity index (χ2v) is 7.15. The fourth-order valence-corrected chi connectivity index (χ4v) is 3.35. The average molecular weight is 428 g/mol. The number of benzene rings is 2. The molecule has 4 N–H and O–H groups in total. The first-order valence-electron chi connectivity index (χ1n) is 10.1. The second kappa shape index (κ2) is 10.5. The van der Waals surface area contributed by atoms with Crippen LogP contribution < -0.4 is 15.5 Å². The maximum Gasteiger partial charge on any atom is 0.243 e. The van der Waals surface area contributed by atoms with Gasteiger partial charge in [0.15, 0.2) is 17.4 Å². The maximum absolute atomic E-state index is 14.6. The summed E-state index contributed by atoms with van der Waals surface area (Å²) >= 11 is 0. The summed E-state index contributed by atoms with van der Waals surface area (Å²) in [6.45, 7) is 0. The minimum atomic E-state index is -0.436. The molecule has 0 fully saturated rings. The van der Waals surface area contributed by atoms with Gasteiger partial charge in [0.25, 0.3) is 0 Å². The maximum atomic E-state index is 14.6. The number of amides is 2. The molecule has 0 aliphatic carbocycles. The van der Waals surface area contributed by atoms with Gasteiger partial charge in [-0.15, -0.1) is 0 Å². The van der Waals surface area contributed by atoms with Gasteiger partial charge in [-0.2, -0.15) is 5.10 Å². The number of fused-ring (bicyclic) bond motifs is 1. The van der Waals surface area contributed by atoms with Crippen molar-refractivity contribution in [3.63, 3.8) is 0 Å². The molecule has 164 valence electrons.